The van der Waals surface area contributed by atoms with E-state index >= 15 is 0 Å². The second-order valence-electron chi connectivity index (χ2n) is 5.86. The van der Waals surface area contributed by atoms with Crippen LogP contribution in [0.25, 0.3) is 0 Å². The van der Waals surface area contributed by atoms with Gasteiger partial charge in [0.05, 0.1) is 0 Å². The van der Waals surface area contributed by atoms with Crippen LogP contribution in [0, 0.1) is 11.8 Å². The van der Waals surface area contributed by atoms with Crippen LogP contribution in [-0.2, 0) is 0 Å². The first-order valence-corrected chi connectivity index (χ1v) is 6.66. The van der Waals surface area contributed by atoms with Crippen molar-refractivity contribution in [2.24, 2.45) is 11.8 Å². The van der Waals surface area contributed by atoms with Crippen molar-refractivity contribution in [3.8, 4) is 0 Å². The van der Waals surface area contributed by atoms with Crippen molar-refractivity contribution >= 4 is 12.4 Å². The van der Waals surface area contributed by atoms with E-state index in [1.54, 1.807) is 19.3 Å². The molecule has 1 N–H and O–H groups in total. The van der Waals surface area contributed by atoms with E-state index in [0.29, 0.717) is 0 Å². The topological polar surface area (TPSA) is 12.0 Å². The van der Waals surface area contributed by atoms with Crippen molar-refractivity contribution in [2.45, 2.75) is 69.9 Å². The highest BCUT2D eigenvalue weighted by atomic mass is 35.5. The normalized spacial score (nSPS) is 40.4. The third kappa shape index (κ3) is 2.68. The van der Waals surface area contributed by atoms with Gasteiger partial charge in [0.25, 0.3) is 0 Å². The Hall–Kier alpha value is 0.250. The summed E-state index contributed by atoms with van der Waals surface area (Å²) in [6.07, 6.45) is 13.6. The van der Waals surface area contributed by atoms with Gasteiger partial charge in [-0.15, -0.1) is 12.4 Å². The molecule has 2 heteroatoms. The van der Waals surface area contributed by atoms with Gasteiger partial charge in [0, 0.05) is 12.1 Å². The molecule has 15 heavy (non-hydrogen) atoms. The molecule has 0 spiro atoms. The number of piperidine rings is 1. The standard InChI is InChI=1S/C13H23N.ClH/c1-2-4-10(3-1)7-11-8-12-5-6-13(9-11)14-12;/h10-14H,1-9H2;1H. The minimum atomic E-state index is 0. The number of hydrogen-bond acceptors (Lipinski definition) is 1. The molecule has 0 amide bonds. The van der Waals surface area contributed by atoms with Gasteiger partial charge in [-0.25, -0.2) is 0 Å². The fourth-order valence-electron chi connectivity index (χ4n) is 4.09. The molecular formula is C13H24ClN. The number of hydrogen-bond donors (Lipinski definition) is 1. The molecule has 0 aromatic heterocycles. The molecule has 1 nitrogen and oxygen atoms in total. The van der Waals surface area contributed by atoms with Gasteiger partial charge in [-0.05, 0) is 43.9 Å². The minimum Gasteiger partial charge on any atom is -0.311 e. The van der Waals surface area contributed by atoms with Gasteiger partial charge >= 0.3 is 0 Å². The van der Waals surface area contributed by atoms with E-state index in [2.05, 4.69) is 5.32 Å². The third-order valence-corrected chi connectivity index (χ3v) is 4.71. The van der Waals surface area contributed by atoms with Crippen molar-refractivity contribution in [2.75, 3.05) is 0 Å². The van der Waals surface area contributed by atoms with Crippen LogP contribution in [0.1, 0.15) is 57.8 Å². The van der Waals surface area contributed by atoms with Crippen molar-refractivity contribution in [1.82, 2.24) is 5.32 Å². The van der Waals surface area contributed by atoms with E-state index < -0.39 is 0 Å². The average Bonchev–Trinajstić information content (AvgIpc) is 2.77. The molecule has 2 bridgehead atoms. The zero-order chi connectivity index (χ0) is 9.38. The van der Waals surface area contributed by atoms with Crippen molar-refractivity contribution in [3.05, 3.63) is 0 Å². The quantitative estimate of drug-likeness (QED) is 0.764. The van der Waals surface area contributed by atoms with Gasteiger partial charge in [-0.2, -0.15) is 0 Å². The fourth-order valence-corrected chi connectivity index (χ4v) is 4.09. The summed E-state index contributed by atoms with van der Waals surface area (Å²) in [5.41, 5.74) is 0. The number of fused-ring (bicyclic) bond motifs is 2. The zero-order valence-electron chi connectivity index (χ0n) is 9.58. The van der Waals surface area contributed by atoms with Crippen LogP contribution in [-0.4, -0.2) is 12.1 Å². The smallest absolute Gasteiger partial charge is 0.00728 e. The Labute approximate surface area is 99.8 Å². The van der Waals surface area contributed by atoms with Crippen LogP contribution in [0.2, 0.25) is 0 Å². The molecule has 3 rings (SSSR count). The summed E-state index contributed by atoms with van der Waals surface area (Å²) in [7, 11) is 0. The largest absolute Gasteiger partial charge is 0.311 e. The molecule has 0 radical (unpaired) electrons. The van der Waals surface area contributed by atoms with Crippen molar-refractivity contribution < 1.29 is 0 Å². The highest BCUT2D eigenvalue weighted by Crippen LogP contribution is 2.38. The molecule has 0 aromatic carbocycles. The molecule has 88 valence electrons. The molecule has 2 saturated heterocycles. The van der Waals surface area contributed by atoms with E-state index in [4.69, 9.17) is 0 Å². The highest BCUT2D eigenvalue weighted by molar-refractivity contribution is 5.85. The lowest BCUT2D eigenvalue weighted by atomic mass is 9.84. The monoisotopic (exact) mass is 229 g/mol. The van der Waals surface area contributed by atoms with Crippen LogP contribution in [0.3, 0.4) is 0 Å². The molecule has 2 aliphatic heterocycles. The van der Waals surface area contributed by atoms with Gasteiger partial charge in [0.2, 0.25) is 0 Å². The maximum absolute atomic E-state index is 3.75. The van der Waals surface area contributed by atoms with E-state index in [-0.39, 0.29) is 12.4 Å². The predicted octanol–water partition coefficient (Wildman–Crippen LogP) is 3.52. The zero-order valence-corrected chi connectivity index (χ0v) is 10.4. The Morgan fingerprint density at radius 2 is 1.40 bits per heavy atom. The summed E-state index contributed by atoms with van der Waals surface area (Å²) in [4.78, 5) is 0. The molecule has 1 saturated carbocycles. The SMILES string of the molecule is C1CCC(CC2CC3CCC(C2)N3)C1.Cl. The predicted molar refractivity (Wildman–Crippen MR) is 66.5 cm³/mol. The van der Waals surface area contributed by atoms with E-state index in [1.807, 2.05) is 0 Å². The maximum atomic E-state index is 3.75. The summed E-state index contributed by atoms with van der Waals surface area (Å²) in [5.74, 6) is 2.19. The second kappa shape index (κ2) is 5.05. The van der Waals surface area contributed by atoms with Gasteiger partial charge in [0.15, 0.2) is 0 Å². The number of halogens is 1. The summed E-state index contributed by atoms with van der Waals surface area (Å²) >= 11 is 0. The number of rotatable bonds is 2. The van der Waals surface area contributed by atoms with Crippen LogP contribution in [0.4, 0.5) is 0 Å². The minimum absolute atomic E-state index is 0. The molecule has 2 heterocycles. The highest BCUT2D eigenvalue weighted by Gasteiger charge is 2.34. The Balaban J connectivity index is 0.000000853. The van der Waals surface area contributed by atoms with Crippen molar-refractivity contribution in [1.29, 1.82) is 0 Å². The summed E-state index contributed by atoms with van der Waals surface area (Å²) < 4.78 is 0. The molecule has 3 fully saturated rings. The molecule has 2 atom stereocenters. The molecule has 1 aliphatic carbocycles. The molecule has 0 aromatic rings. The Morgan fingerprint density at radius 1 is 0.800 bits per heavy atom. The first-order chi connectivity index (χ1) is 6.90. The van der Waals surface area contributed by atoms with Crippen LogP contribution in [0.15, 0.2) is 0 Å². The van der Waals surface area contributed by atoms with Gasteiger partial charge in [-0.3, -0.25) is 0 Å². The van der Waals surface area contributed by atoms with Gasteiger partial charge in [0.1, 0.15) is 0 Å². The van der Waals surface area contributed by atoms with Gasteiger partial charge < -0.3 is 5.32 Å². The lowest BCUT2D eigenvalue weighted by Crippen LogP contribution is -2.38. The van der Waals surface area contributed by atoms with E-state index in [1.165, 1.54) is 38.5 Å². The Kier molecular flexibility index (Phi) is 3.95. The van der Waals surface area contributed by atoms with Crippen molar-refractivity contribution in [3.63, 3.8) is 0 Å². The molecule has 2 unspecified atom stereocenters. The Bertz CT molecular complexity index is 189. The van der Waals surface area contributed by atoms with Gasteiger partial charge in [-0.1, -0.05) is 25.7 Å². The lowest BCUT2D eigenvalue weighted by Gasteiger charge is -2.30. The fraction of sp³-hybridized carbons (Fsp3) is 1.00. The average molecular weight is 230 g/mol. The summed E-state index contributed by atoms with van der Waals surface area (Å²) in [6.45, 7) is 0. The number of nitrogens with one attached hydrogen (secondary N) is 1. The second-order valence-corrected chi connectivity index (χ2v) is 5.86. The van der Waals surface area contributed by atoms with Crippen LogP contribution >= 0.6 is 12.4 Å². The lowest BCUT2D eigenvalue weighted by molar-refractivity contribution is 0.252. The van der Waals surface area contributed by atoms with Crippen LogP contribution < -0.4 is 5.32 Å². The summed E-state index contributed by atoms with van der Waals surface area (Å²) in [6, 6.07) is 1.81. The van der Waals surface area contributed by atoms with Crippen LogP contribution in [0.5, 0.6) is 0 Å². The maximum Gasteiger partial charge on any atom is 0.00728 e. The first-order valence-electron chi connectivity index (χ1n) is 6.66. The third-order valence-electron chi connectivity index (χ3n) is 4.71. The summed E-state index contributed by atoms with van der Waals surface area (Å²) in [5, 5.41) is 3.75. The first kappa shape index (κ1) is 11.7. The molecule has 3 aliphatic rings. The van der Waals surface area contributed by atoms with E-state index in [9.17, 15) is 0 Å². The van der Waals surface area contributed by atoms with E-state index in [0.717, 1.165) is 23.9 Å². The molecular weight excluding hydrogens is 206 g/mol. The Morgan fingerprint density at radius 3 is 2.00 bits per heavy atom.